The van der Waals surface area contributed by atoms with Crippen molar-refractivity contribution in [3.8, 4) is 17.3 Å². The van der Waals surface area contributed by atoms with Gasteiger partial charge in [-0.15, -0.1) is 0 Å². The van der Waals surface area contributed by atoms with Gasteiger partial charge in [0.2, 0.25) is 0 Å². The van der Waals surface area contributed by atoms with Crippen LogP contribution in [0.2, 0.25) is 0 Å². The maximum Gasteiger partial charge on any atom is 0.418 e. The molecule has 1 aromatic heterocycles. The second-order valence-electron chi connectivity index (χ2n) is 3.81. The van der Waals surface area contributed by atoms with Crippen molar-refractivity contribution in [1.82, 2.24) is 4.98 Å². The topological polar surface area (TPSA) is 62.7 Å². The van der Waals surface area contributed by atoms with E-state index in [2.05, 4.69) is 4.98 Å². The first kappa shape index (κ1) is 12.9. The van der Waals surface area contributed by atoms with Crippen molar-refractivity contribution >= 4 is 5.69 Å². The van der Waals surface area contributed by atoms with Crippen molar-refractivity contribution in [3.05, 3.63) is 47.7 Å². The molecule has 0 aliphatic rings. The van der Waals surface area contributed by atoms with Crippen molar-refractivity contribution in [3.63, 3.8) is 0 Å². The van der Waals surface area contributed by atoms with Crippen LogP contribution in [0.4, 0.5) is 18.9 Å². The first-order chi connectivity index (χ1) is 8.93. The quantitative estimate of drug-likeness (QED) is 0.803. The third-order valence-corrected chi connectivity index (χ3v) is 2.55. The highest BCUT2D eigenvalue weighted by Crippen LogP contribution is 2.37. The zero-order chi connectivity index (χ0) is 14.0. The second-order valence-corrected chi connectivity index (χ2v) is 3.81. The number of aromatic nitrogens is 1. The van der Waals surface area contributed by atoms with E-state index in [-0.39, 0.29) is 22.5 Å². The molecule has 0 aliphatic carbocycles. The maximum absolute atomic E-state index is 12.9. The van der Waals surface area contributed by atoms with Crippen LogP contribution in [0.1, 0.15) is 11.1 Å². The summed E-state index contributed by atoms with van der Waals surface area (Å²) >= 11 is 0. The lowest BCUT2D eigenvalue weighted by molar-refractivity contribution is -0.137. The number of halogens is 3. The molecule has 0 amide bonds. The Hall–Kier alpha value is -2.55. The summed E-state index contributed by atoms with van der Waals surface area (Å²) in [6.45, 7) is 0. The Morgan fingerprint density at radius 2 is 1.95 bits per heavy atom. The Kier molecular flexibility index (Phi) is 3.13. The highest BCUT2D eigenvalue weighted by atomic mass is 19.4. The van der Waals surface area contributed by atoms with Gasteiger partial charge in [0.05, 0.1) is 22.9 Å². The molecule has 19 heavy (non-hydrogen) atoms. The minimum absolute atomic E-state index is 0.104. The van der Waals surface area contributed by atoms with Gasteiger partial charge in [-0.3, -0.25) is 4.98 Å². The fourth-order valence-electron chi connectivity index (χ4n) is 1.68. The minimum atomic E-state index is -4.53. The molecule has 0 bridgehead atoms. The summed E-state index contributed by atoms with van der Waals surface area (Å²) in [6.07, 6.45) is -3.28. The average molecular weight is 263 g/mol. The lowest BCUT2D eigenvalue weighted by atomic mass is 10.0. The number of nitrogen functional groups attached to an aromatic ring is 1. The van der Waals surface area contributed by atoms with E-state index in [0.29, 0.717) is 0 Å². The number of pyridine rings is 1. The van der Waals surface area contributed by atoms with Gasteiger partial charge >= 0.3 is 6.18 Å². The molecule has 1 aromatic carbocycles. The third kappa shape index (κ3) is 2.50. The summed E-state index contributed by atoms with van der Waals surface area (Å²) < 4.78 is 38.7. The van der Waals surface area contributed by atoms with Crippen LogP contribution in [0.3, 0.4) is 0 Å². The molecule has 2 aromatic rings. The standard InChI is InChI=1S/C13H8F3N3/c14-13(15,16)10-2-1-5-19-12(10)9-6-8(7-17)3-4-11(9)18/h1-6H,18H2. The predicted molar refractivity (Wildman–Crippen MR) is 63.8 cm³/mol. The van der Waals surface area contributed by atoms with Gasteiger partial charge in [0, 0.05) is 17.4 Å². The summed E-state index contributed by atoms with van der Waals surface area (Å²) in [5.41, 5.74) is 4.99. The highest BCUT2D eigenvalue weighted by molar-refractivity contribution is 5.77. The number of hydrogen-bond donors (Lipinski definition) is 1. The molecule has 2 rings (SSSR count). The number of nitriles is 1. The summed E-state index contributed by atoms with van der Waals surface area (Å²) in [4.78, 5) is 3.74. The number of nitrogens with zero attached hydrogens (tertiary/aromatic N) is 2. The second kappa shape index (κ2) is 4.61. The number of benzene rings is 1. The van der Waals surface area contributed by atoms with Crippen LogP contribution < -0.4 is 5.73 Å². The number of alkyl halides is 3. The molecule has 0 aliphatic heterocycles. The third-order valence-electron chi connectivity index (χ3n) is 2.55. The molecule has 0 unspecified atom stereocenters. The van der Waals surface area contributed by atoms with Gasteiger partial charge in [0.1, 0.15) is 0 Å². The molecule has 1 heterocycles. The van der Waals surface area contributed by atoms with Gasteiger partial charge in [-0.25, -0.2) is 0 Å². The lowest BCUT2D eigenvalue weighted by Crippen LogP contribution is -2.09. The monoisotopic (exact) mass is 263 g/mol. The Morgan fingerprint density at radius 3 is 2.58 bits per heavy atom. The fourth-order valence-corrected chi connectivity index (χ4v) is 1.68. The van der Waals surface area contributed by atoms with E-state index in [1.165, 1.54) is 30.5 Å². The SMILES string of the molecule is N#Cc1ccc(N)c(-c2ncccc2C(F)(F)F)c1. The van der Waals surface area contributed by atoms with E-state index >= 15 is 0 Å². The van der Waals surface area contributed by atoms with E-state index < -0.39 is 11.7 Å². The van der Waals surface area contributed by atoms with Crippen LogP contribution in [0, 0.1) is 11.3 Å². The van der Waals surface area contributed by atoms with Crippen molar-refractivity contribution in [2.75, 3.05) is 5.73 Å². The first-order valence-electron chi connectivity index (χ1n) is 5.25. The molecular formula is C13H8F3N3. The fraction of sp³-hybridized carbons (Fsp3) is 0.0769. The Balaban J connectivity index is 2.70. The molecule has 0 radical (unpaired) electrons. The van der Waals surface area contributed by atoms with Crippen LogP contribution in [0.15, 0.2) is 36.5 Å². The van der Waals surface area contributed by atoms with Gasteiger partial charge in [0.15, 0.2) is 0 Å². The van der Waals surface area contributed by atoms with Gasteiger partial charge in [-0.2, -0.15) is 18.4 Å². The van der Waals surface area contributed by atoms with Crippen LogP contribution in [-0.4, -0.2) is 4.98 Å². The smallest absolute Gasteiger partial charge is 0.398 e. The molecule has 0 atom stereocenters. The number of anilines is 1. The van der Waals surface area contributed by atoms with E-state index in [0.717, 1.165) is 6.07 Å². The summed E-state index contributed by atoms with van der Waals surface area (Å²) in [5.74, 6) is 0. The van der Waals surface area contributed by atoms with Gasteiger partial charge < -0.3 is 5.73 Å². The Labute approximate surface area is 107 Å². The lowest BCUT2D eigenvalue weighted by Gasteiger charge is -2.13. The van der Waals surface area contributed by atoms with Crippen LogP contribution in [0.5, 0.6) is 0 Å². The first-order valence-corrected chi connectivity index (χ1v) is 5.25. The van der Waals surface area contributed by atoms with E-state index in [9.17, 15) is 13.2 Å². The molecule has 0 fully saturated rings. The Morgan fingerprint density at radius 1 is 1.21 bits per heavy atom. The normalized spacial score (nSPS) is 11.1. The van der Waals surface area contributed by atoms with Crippen LogP contribution >= 0.6 is 0 Å². The molecule has 6 heteroatoms. The predicted octanol–water partition coefficient (Wildman–Crippen LogP) is 3.22. The van der Waals surface area contributed by atoms with Crippen molar-refractivity contribution in [2.24, 2.45) is 0 Å². The van der Waals surface area contributed by atoms with E-state index in [1.54, 1.807) is 0 Å². The summed E-state index contributed by atoms with van der Waals surface area (Å²) in [6, 6.07) is 8.12. The molecule has 96 valence electrons. The Bertz CT molecular complexity index is 657. The summed E-state index contributed by atoms with van der Waals surface area (Å²) in [5, 5.41) is 8.80. The molecular weight excluding hydrogens is 255 g/mol. The number of nitrogens with two attached hydrogens (primary N) is 1. The zero-order valence-corrected chi connectivity index (χ0v) is 9.57. The number of hydrogen-bond acceptors (Lipinski definition) is 3. The van der Waals surface area contributed by atoms with Gasteiger partial charge in [-0.05, 0) is 30.3 Å². The highest BCUT2D eigenvalue weighted by Gasteiger charge is 2.34. The van der Waals surface area contributed by atoms with E-state index in [4.69, 9.17) is 11.0 Å². The largest absolute Gasteiger partial charge is 0.418 e. The van der Waals surface area contributed by atoms with Crippen LogP contribution in [-0.2, 0) is 6.18 Å². The molecule has 0 saturated heterocycles. The molecule has 3 nitrogen and oxygen atoms in total. The van der Waals surface area contributed by atoms with Crippen molar-refractivity contribution in [2.45, 2.75) is 6.18 Å². The van der Waals surface area contributed by atoms with Gasteiger partial charge in [0.25, 0.3) is 0 Å². The number of rotatable bonds is 1. The minimum Gasteiger partial charge on any atom is -0.398 e. The van der Waals surface area contributed by atoms with Gasteiger partial charge in [-0.1, -0.05) is 0 Å². The molecule has 0 saturated carbocycles. The maximum atomic E-state index is 12.9. The van der Waals surface area contributed by atoms with Crippen molar-refractivity contribution in [1.29, 1.82) is 5.26 Å². The average Bonchev–Trinajstić information content (AvgIpc) is 2.38. The van der Waals surface area contributed by atoms with Crippen LogP contribution in [0.25, 0.3) is 11.3 Å². The van der Waals surface area contributed by atoms with Crippen molar-refractivity contribution < 1.29 is 13.2 Å². The zero-order valence-electron chi connectivity index (χ0n) is 9.57. The molecule has 2 N–H and O–H groups in total. The molecule has 0 spiro atoms. The summed E-state index contributed by atoms with van der Waals surface area (Å²) in [7, 11) is 0. The van der Waals surface area contributed by atoms with E-state index in [1.807, 2.05) is 6.07 Å².